The Labute approximate surface area is 103 Å². The van der Waals surface area contributed by atoms with Crippen LogP contribution in [-0.2, 0) is 19.4 Å². The van der Waals surface area contributed by atoms with Crippen molar-refractivity contribution < 1.29 is 17.9 Å². The van der Waals surface area contributed by atoms with E-state index in [9.17, 15) is 13.2 Å². The van der Waals surface area contributed by atoms with Gasteiger partial charge in [0.15, 0.2) is 9.84 Å². The summed E-state index contributed by atoms with van der Waals surface area (Å²) in [6.07, 6.45) is 2.48. The minimum atomic E-state index is -3.43. The van der Waals surface area contributed by atoms with Crippen LogP contribution in [-0.4, -0.2) is 45.6 Å². The third kappa shape index (κ3) is 3.67. The van der Waals surface area contributed by atoms with Crippen LogP contribution in [0.3, 0.4) is 0 Å². The van der Waals surface area contributed by atoms with Crippen molar-refractivity contribution in [3.05, 3.63) is 0 Å². The largest absolute Gasteiger partial charge is 0.468 e. The average Bonchev–Trinajstić information content (AvgIpc) is 2.28. The van der Waals surface area contributed by atoms with E-state index in [4.69, 9.17) is 0 Å². The molecule has 17 heavy (non-hydrogen) atoms. The van der Waals surface area contributed by atoms with Crippen LogP contribution in [0.25, 0.3) is 0 Å². The summed E-state index contributed by atoms with van der Waals surface area (Å²) in [5.41, 5.74) is 0. The normalized spacial score (nSPS) is 29.9. The van der Waals surface area contributed by atoms with Crippen LogP contribution in [0.15, 0.2) is 0 Å². The summed E-state index contributed by atoms with van der Waals surface area (Å²) in [7, 11) is -0.455. The molecule has 0 bridgehead atoms. The lowest BCUT2D eigenvalue weighted by molar-refractivity contribution is -0.137. The van der Waals surface area contributed by atoms with Crippen molar-refractivity contribution in [3.63, 3.8) is 0 Å². The minimum Gasteiger partial charge on any atom is -0.468 e. The fraction of sp³-hybridized carbons (Fsp3) is 0.909. The summed E-state index contributed by atoms with van der Waals surface area (Å²) in [5, 5.41) is 2.56. The molecule has 1 aliphatic carbocycles. The predicted octanol–water partition coefficient (Wildman–Crippen LogP) is 0.351. The molecule has 1 aliphatic rings. The van der Waals surface area contributed by atoms with Crippen LogP contribution >= 0.6 is 0 Å². The first-order valence-electron chi connectivity index (χ1n) is 5.86. The van der Waals surface area contributed by atoms with Gasteiger partial charge < -0.3 is 10.1 Å². The van der Waals surface area contributed by atoms with E-state index < -0.39 is 26.8 Å². The minimum absolute atomic E-state index is 0.0548. The van der Waals surface area contributed by atoms with Crippen molar-refractivity contribution in [1.29, 1.82) is 0 Å². The third-order valence-electron chi connectivity index (χ3n) is 3.43. The Morgan fingerprint density at radius 1 is 1.41 bits per heavy atom. The van der Waals surface area contributed by atoms with Gasteiger partial charge in [0.1, 0.15) is 5.75 Å². The van der Waals surface area contributed by atoms with Gasteiger partial charge in [-0.1, -0.05) is 6.92 Å². The molecule has 6 heteroatoms. The van der Waals surface area contributed by atoms with Gasteiger partial charge in [0, 0.05) is 6.04 Å². The molecular weight excluding hydrogens is 242 g/mol. The number of sulfone groups is 1. The molecule has 1 fully saturated rings. The molecule has 0 aromatic heterocycles. The maximum Gasteiger partial charge on any atom is 0.320 e. The Kier molecular flexibility index (Phi) is 4.94. The smallest absolute Gasteiger partial charge is 0.320 e. The van der Waals surface area contributed by atoms with Crippen molar-refractivity contribution in [1.82, 2.24) is 5.32 Å². The topological polar surface area (TPSA) is 72.5 Å². The van der Waals surface area contributed by atoms with E-state index in [1.165, 1.54) is 7.11 Å². The Balaban J connectivity index is 2.82. The molecule has 100 valence electrons. The highest BCUT2D eigenvalue weighted by atomic mass is 32.2. The molecule has 0 amide bonds. The second-order valence-corrected chi connectivity index (χ2v) is 6.96. The van der Waals surface area contributed by atoms with E-state index in [-0.39, 0.29) is 6.04 Å². The molecule has 1 rings (SSSR count). The zero-order valence-electron chi connectivity index (χ0n) is 10.6. The third-order valence-corrected chi connectivity index (χ3v) is 5.51. The van der Waals surface area contributed by atoms with Gasteiger partial charge >= 0.3 is 5.97 Å². The van der Waals surface area contributed by atoms with Gasteiger partial charge in [-0.05, 0) is 32.2 Å². The lowest BCUT2D eigenvalue weighted by Crippen LogP contribution is -2.48. The summed E-state index contributed by atoms with van der Waals surface area (Å²) in [6, 6.07) is -0.0548. The summed E-state index contributed by atoms with van der Waals surface area (Å²) in [4.78, 5) is 11.1. The zero-order chi connectivity index (χ0) is 13.1. The van der Waals surface area contributed by atoms with Gasteiger partial charge in [-0.15, -0.1) is 0 Å². The molecule has 0 aromatic rings. The van der Waals surface area contributed by atoms with E-state index >= 15 is 0 Å². The Bertz CT molecular complexity index is 366. The van der Waals surface area contributed by atoms with E-state index in [0.717, 1.165) is 12.8 Å². The van der Waals surface area contributed by atoms with Gasteiger partial charge in [0.25, 0.3) is 0 Å². The molecule has 0 saturated heterocycles. The SMILES string of the molecule is CNC1CCC(C)CC1S(=O)(=O)CC(=O)OC. The zero-order valence-corrected chi connectivity index (χ0v) is 11.4. The molecule has 0 aromatic carbocycles. The number of hydrogen-bond donors (Lipinski definition) is 1. The van der Waals surface area contributed by atoms with Crippen molar-refractivity contribution in [3.8, 4) is 0 Å². The summed E-state index contributed by atoms with van der Waals surface area (Å²) in [6.45, 7) is 2.05. The lowest BCUT2D eigenvalue weighted by atomic mass is 9.87. The van der Waals surface area contributed by atoms with Crippen molar-refractivity contribution >= 4 is 15.8 Å². The van der Waals surface area contributed by atoms with Crippen molar-refractivity contribution in [2.45, 2.75) is 37.5 Å². The first-order valence-corrected chi connectivity index (χ1v) is 7.58. The Morgan fingerprint density at radius 3 is 2.59 bits per heavy atom. The number of rotatable bonds is 4. The van der Waals surface area contributed by atoms with Crippen molar-refractivity contribution in [2.75, 3.05) is 19.9 Å². The van der Waals surface area contributed by atoms with Gasteiger partial charge in [0.2, 0.25) is 0 Å². The van der Waals surface area contributed by atoms with Crippen LogP contribution in [0.2, 0.25) is 0 Å². The number of carbonyl (C=O) groups is 1. The van der Waals surface area contributed by atoms with E-state index in [0.29, 0.717) is 12.3 Å². The summed E-state index contributed by atoms with van der Waals surface area (Å²) in [5.74, 6) is -0.811. The number of carbonyl (C=O) groups excluding carboxylic acids is 1. The quantitative estimate of drug-likeness (QED) is 0.741. The lowest BCUT2D eigenvalue weighted by Gasteiger charge is -2.34. The standard InChI is InChI=1S/C11H21NO4S/c1-8-4-5-9(12-2)10(6-8)17(14,15)7-11(13)16-3/h8-10,12H,4-7H2,1-3H3. The monoisotopic (exact) mass is 263 g/mol. The number of esters is 1. The van der Waals surface area contributed by atoms with E-state index in [1.807, 2.05) is 6.92 Å². The molecule has 0 radical (unpaired) electrons. The highest BCUT2D eigenvalue weighted by Crippen LogP contribution is 2.29. The Hall–Kier alpha value is -0.620. The number of ether oxygens (including phenoxy) is 1. The van der Waals surface area contributed by atoms with Crippen LogP contribution < -0.4 is 5.32 Å². The highest BCUT2D eigenvalue weighted by Gasteiger charge is 2.38. The maximum absolute atomic E-state index is 12.1. The molecule has 3 unspecified atom stereocenters. The van der Waals surface area contributed by atoms with E-state index in [2.05, 4.69) is 10.1 Å². The summed E-state index contributed by atoms with van der Waals surface area (Å²) < 4.78 is 28.7. The van der Waals surface area contributed by atoms with Crippen molar-refractivity contribution in [2.24, 2.45) is 5.92 Å². The predicted molar refractivity (Wildman–Crippen MR) is 65.5 cm³/mol. The van der Waals surface area contributed by atoms with Crippen LogP contribution in [0.5, 0.6) is 0 Å². The highest BCUT2D eigenvalue weighted by molar-refractivity contribution is 7.92. The Morgan fingerprint density at radius 2 is 2.06 bits per heavy atom. The molecule has 1 N–H and O–H groups in total. The fourth-order valence-corrected chi connectivity index (χ4v) is 4.44. The van der Waals surface area contributed by atoms with Gasteiger partial charge in [-0.2, -0.15) is 0 Å². The van der Waals surface area contributed by atoms with Gasteiger partial charge in [0.05, 0.1) is 12.4 Å². The first kappa shape index (κ1) is 14.4. The molecule has 0 aliphatic heterocycles. The van der Waals surface area contributed by atoms with E-state index in [1.54, 1.807) is 7.05 Å². The van der Waals surface area contributed by atoms with Crippen LogP contribution in [0.4, 0.5) is 0 Å². The molecule has 3 atom stereocenters. The van der Waals surface area contributed by atoms with Gasteiger partial charge in [-0.25, -0.2) is 8.42 Å². The molecule has 5 nitrogen and oxygen atoms in total. The number of methoxy groups -OCH3 is 1. The number of hydrogen-bond acceptors (Lipinski definition) is 5. The average molecular weight is 263 g/mol. The first-order chi connectivity index (χ1) is 7.90. The fourth-order valence-electron chi connectivity index (χ4n) is 2.39. The second kappa shape index (κ2) is 5.82. The van der Waals surface area contributed by atoms with Crippen LogP contribution in [0, 0.1) is 5.92 Å². The van der Waals surface area contributed by atoms with Gasteiger partial charge in [-0.3, -0.25) is 4.79 Å². The maximum atomic E-state index is 12.1. The molecule has 0 spiro atoms. The van der Waals surface area contributed by atoms with Crippen LogP contribution in [0.1, 0.15) is 26.2 Å². The molecule has 1 saturated carbocycles. The summed E-state index contributed by atoms with van der Waals surface area (Å²) >= 11 is 0. The molecule has 0 heterocycles. The molecular formula is C11H21NO4S. The number of nitrogens with one attached hydrogen (secondary N) is 1. The second-order valence-electron chi connectivity index (χ2n) is 4.74.